The molecule has 4 N–H and O–H groups in total. The Hall–Kier alpha value is -3.87. The maximum atomic E-state index is 13.0. The molecule has 2 aromatic rings. The molecule has 0 aliphatic heterocycles. The van der Waals surface area contributed by atoms with Crippen LogP contribution in [0.15, 0.2) is 46.9 Å². The van der Waals surface area contributed by atoms with Gasteiger partial charge < -0.3 is 21.1 Å². The first-order valence-corrected chi connectivity index (χ1v) is 10.1. The number of nitrogens with zero attached hydrogens (tertiary/aromatic N) is 1. The third kappa shape index (κ3) is 7.96. The number of non-ortho nitro benzene ring substituents is 1. The summed E-state index contributed by atoms with van der Waals surface area (Å²) < 4.78 is 18.2. The fourth-order valence-electron chi connectivity index (χ4n) is 2.52. The van der Waals surface area contributed by atoms with Crippen LogP contribution in [0.5, 0.6) is 0 Å². The van der Waals surface area contributed by atoms with Crippen LogP contribution in [0.25, 0.3) is 0 Å². The number of primary amides is 1. The van der Waals surface area contributed by atoms with E-state index in [0.29, 0.717) is 0 Å². The number of halogens is 2. The number of nitro groups is 1. The molecule has 33 heavy (non-hydrogen) atoms. The molecule has 0 heterocycles. The Kier molecular flexibility index (Phi) is 8.98. The topological polar surface area (TPSA) is 171 Å². The number of carbonyl (C=O) groups excluding carboxylic acids is 4. The number of nitrogens with two attached hydrogens (primary N) is 1. The quantitative estimate of drug-likeness (QED) is 0.242. The van der Waals surface area contributed by atoms with Gasteiger partial charge in [0.05, 0.1) is 10.6 Å². The maximum Gasteiger partial charge on any atom is 0.329 e. The van der Waals surface area contributed by atoms with Crippen molar-refractivity contribution in [3.05, 3.63) is 68.4 Å². The number of benzene rings is 2. The lowest BCUT2D eigenvalue weighted by Crippen LogP contribution is -2.43. The predicted molar refractivity (Wildman–Crippen MR) is 116 cm³/mol. The molecule has 2 rings (SSSR count). The molecule has 0 fully saturated rings. The van der Waals surface area contributed by atoms with Crippen molar-refractivity contribution in [2.75, 3.05) is 11.9 Å². The molecule has 2 aromatic carbocycles. The molecule has 11 nitrogen and oxygen atoms in total. The van der Waals surface area contributed by atoms with Gasteiger partial charge in [0, 0.05) is 28.6 Å². The van der Waals surface area contributed by atoms with Crippen molar-refractivity contribution in [2.45, 2.75) is 18.9 Å². The van der Waals surface area contributed by atoms with Crippen molar-refractivity contribution >= 4 is 51.0 Å². The van der Waals surface area contributed by atoms with E-state index in [9.17, 15) is 33.7 Å². The number of rotatable bonds is 10. The molecule has 13 heteroatoms. The monoisotopic (exact) mass is 524 g/mol. The van der Waals surface area contributed by atoms with Crippen molar-refractivity contribution in [1.82, 2.24) is 5.32 Å². The van der Waals surface area contributed by atoms with Crippen molar-refractivity contribution < 1.29 is 33.2 Å². The van der Waals surface area contributed by atoms with E-state index in [4.69, 9.17) is 10.5 Å². The average Bonchev–Trinajstić information content (AvgIpc) is 2.76. The van der Waals surface area contributed by atoms with E-state index in [2.05, 4.69) is 26.6 Å². The molecular weight excluding hydrogens is 507 g/mol. The molecule has 0 radical (unpaired) electrons. The lowest BCUT2D eigenvalue weighted by molar-refractivity contribution is -0.384. The van der Waals surface area contributed by atoms with Crippen LogP contribution < -0.4 is 16.4 Å². The maximum absolute atomic E-state index is 13.0. The van der Waals surface area contributed by atoms with Gasteiger partial charge in [-0.15, -0.1) is 0 Å². The van der Waals surface area contributed by atoms with Crippen molar-refractivity contribution in [3.63, 3.8) is 0 Å². The first kappa shape index (κ1) is 25.4. The average molecular weight is 525 g/mol. The minimum absolute atomic E-state index is 0.0639. The summed E-state index contributed by atoms with van der Waals surface area (Å²) >= 11 is 3.09. The Morgan fingerprint density at radius 2 is 1.82 bits per heavy atom. The molecule has 0 aliphatic rings. The molecular formula is C20H18BrFN4O7. The molecule has 0 aromatic heterocycles. The summed E-state index contributed by atoms with van der Waals surface area (Å²) in [6.07, 6.45) is -0.429. The molecule has 174 valence electrons. The highest BCUT2D eigenvalue weighted by molar-refractivity contribution is 9.10. The van der Waals surface area contributed by atoms with Crippen LogP contribution in [0.3, 0.4) is 0 Å². The first-order valence-electron chi connectivity index (χ1n) is 9.32. The zero-order valence-corrected chi connectivity index (χ0v) is 18.5. The molecule has 1 atom stereocenters. The van der Waals surface area contributed by atoms with Gasteiger partial charge in [0.2, 0.25) is 5.91 Å². The van der Waals surface area contributed by atoms with Crippen LogP contribution in [0.2, 0.25) is 0 Å². The largest absolute Gasteiger partial charge is 0.454 e. The summed E-state index contributed by atoms with van der Waals surface area (Å²) in [4.78, 5) is 58.1. The van der Waals surface area contributed by atoms with E-state index >= 15 is 0 Å². The Morgan fingerprint density at radius 1 is 1.15 bits per heavy atom. The fraction of sp³-hybridized carbons (Fsp3) is 0.200. The number of esters is 1. The first-order chi connectivity index (χ1) is 15.6. The molecule has 0 saturated heterocycles. The summed E-state index contributed by atoms with van der Waals surface area (Å²) in [5, 5.41) is 15.5. The highest BCUT2D eigenvalue weighted by Crippen LogP contribution is 2.27. The number of anilines is 1. The van der Waals surface area contributed by atoms with Crippen molar-refractivity contribution in [3.8, 4) is 0 Å². The number of nitro benzene ring substituents is 1. The van der Waals surface area contributed by atoms with Crippen LogP contribution in [-0.4, -0.2) is 41.3 Å². The molecule has 0 aliphatic carbocycles. The highest BCUT2D eigenvalue weighted by Gasteiger charge is 2.24. The van der Waals surface area contributed by atoms with Gasteiger partial charge in [0.15, 0.2) is 6.61 Å². The normalized spacial score (nSPS) is 11.2. The number of hydrogen-bond donors (Lipinski definition) is 3. The van der Waals surface area contributed by atoms with Gasteiger partial charge in [-0.3, -0.25) is 24.5 Å². The SMILES string of the molecule is NC(=O)CCC(NC(=O)c1ccc(F)cc1)C(=O)OCC(=O)Nc1ccc([N+](=O)[O-])cc1Br. The second-order valence-electron chi connectivity index (χ2n) is 6.62. The lowest BCUT2D eigenvalue weighted by Gasteiger charge is -2.17. The molecule has 0 spiro atoms. The van der Waals surface area contributed by atoms with E-state index in [-0.39, 0.29) is 34.3 Å². The van der Waals surface area contributed by atoms with Gasteiger partial charge in [-0.25, -0.2) is 9.18 Å². The summed E-state index contributed by atoms with van der Waals surface area (Å²) in [5.74, 6) is -3.74. The minimum atomic E-state index is -1.30. The van der Waals surface area contributed by atoms with Crippen LogP contribution in [-0.2, 0) is 19.1 Å². The van der Waals surface area contributed by atoms with Crippen molar-refractivity contribution in [1.29, 1.82) is 0 Å². The fourth-order valence-corrected chi connectivity index (χ4v) is 2.99. The second-order valence-corrected chi connectivity index (χ2v) is 7.47. The third-order valence-electron chi connectivity index (χ3n) is 4.16. The van der Waals surface area contributed by atoms with E-state index in [1.165, 1.54) is 30.3 Å². The third-order valence-corrected chi connectivity index (χ3v) is 4.81. The van der Waals surface area contributed by atoms with Crippen LogP contribution in [0, 0.1) is 15.9 Å². The van der Waals surface area contributed by atoms with Gasteiger partial charge in [-0.1, -0.05) is 0 Å². The number of amides is 3. The number of nitrogens with one attached hydrogen (secondary N) is 2. The van der Waals surface area contributed by atoms with Gasteiger partial charge in [0.1, 0.15) is 11.9 Å². The molecule has 0 bridgehead atoms. The zero-order valence-electron chi connectivity index (χ0n) is 16.9. The van der Waals surface area contributed by atoms with E-state index < -0.39 is 47.1 Å². The summed E-state index contributed by atoms with van der Waals surface area (Å²) in [5.41, 5.74) is 5.17. The van der Waals surface area contributed by atoms with Gasteiger partial charge in [-0.05, 0) is 52.7 Å². The Labute approximate surface area is 194 Å². The van der Waals surface area contributed by atoms with Gasteiger partial charge in [0.25, 0.3) is 17.5 Å². The van der Waals surface area contributed by atoms with Gasteiger partial charge in [-0.2, -0.15) is 0 Å². The van der Waals surface area contributed by atoms with E-state index in [1.54, 1.807) is 0 Å². The zero-order chi connectivity index (χ0) is 24.5. The molecule has 0 saturated carbocycles. The molecule has 3 amide bonds. The standard InChI is InChI=1S/C20H18BrFN4O7/c21-14-9-13(26(31)32)5-6-15(14)24-18(28)10-33-20(30)16(7-8-17(23)27)25-19(29)11-1-3-12(22)4-2-11/h1-6,9,16H,7-8,10H2,(H2,23,27)(H,24,28)(H,25,29). The van der Waals surface area contributed by atoms with E-state index in [0.717, 1.165) is 12.1 Å². The summed E-state index contributed by atoms with van der Waals surface area (Å²) in [6.45, 7) is -0.734. The lowest BCUT2D eigenvalue weighted by atomic mass is 10.1. The van der Waals surface area contributed by atoms with Gasteiger partial charge >= 0.3 is 5.97 Å². The van der Waals surface area contributed by atoms with Crippen LogP contribution in [0.1, 0.15) is 23.2 Å². The minimum Gasteiger partial charge on any atom is -0.454 e. The van der Waals surface area contributed by atoms with Crippen LogP contribution >= 0.6 is 15.9 Å². The Morgan fingerprint density at radius 3 is 2.39 bits per heavy atom. The smallest absolute Gasteiger partial charge is 0.329 e. The van der Waals surface area contributed by atoms with Crippen LogP contribution in [0.4, 0.5) is 15.8 Å². The second kappa shape index (κ2) is 11.7. The number of hydrogen-bond acceptors (Lipinski definition) is 7. The number of ether oxygens (including phenoxy) is 1. The Bertz CT molecular complexity index is 1080. The number of carbonyl (C=O) groups is 4. The highest BCUT2D eigenvalue weighted by atomic mass is 79.9. The Balaban J connectivity index is 1.99. The van der Waals surface area contributed by atoms with Crippen molar-refractivity contribution in [2.24, 2.45) is 5.73 Å². The summed E-state index contributed by atoms with van der Waals surface area (Å²) in [7, 11) is 0. The van der Waals surface area contributed by atoms with E-state index in [1.807, 2.05) is 0 Å². The predicted octanol–water partition coefficient (Wildman–Crippen LogP) is 2.04. The summed E-state index contributed by atoms with van der Waals surface area (Å²) in [6, 6.07) is 6.89. The molecule has 1 unspecified atom stereocenters.